The molecule has 4 aliphatic carbocycles. The fourth-order valence-electron chi connectivity index (χ4n) is 4.16. The molecule has 0 aliphatic heterocycles. The van der Waals surface area contributed by atoms with Crippen LogP contribution in [0.4, 0.5) is 0 Å². The number of hydrogen-bond acceptors (Lipinski definition) is 2. The first-order chi connectivity index (χ1) is 7.26. The monoisotopic (exact) mass is 206 g/mol. The molecule has 0 aromatic rings. The van der Waals surface area contributed by atoms with Crippen LogP contribution in [0.5, 0.6) is 0 Å². The zero-order valence-electron chi connectivity index (χ0n) is 9.24. The molecule has 82 valence electrons. The van der Waals surface area contributed by atoms with Crippen molar-refractivity contribution in [1.29, 1.82) is 0 Å². The second kappa shape index (κ2) is 3.36. The number of esters is 1. The summed E-state index contributed by atoms with van der Waals surface area (Å²) < 4.78 is 4.74. The highest BCUT2D eigenvalue weighted by atomic mass is 16.5. The van der Waals surface area contributed by atoms with Gasteiger partial charge in [-0.05, 0) is 55.8 Å². The van der Waals surface area contributed by atoms with Crippen LogP contribution in [0, 0.1) is 23.7 Å². The third kappa shape index (κ3) is 1.51. The molecule has 0 amide bonds. The Morgan fingerprint density at radius 1 is 1.13 bits per heavy atom. The highest BCUT2D eigenvalue weighted by Crippen LogP contribution is 2.56. The molecule has 0 heterocycles. The molecule has 0 N–H and O–H groups in total. The van der Waals surface area contributed by atoms with Gasteiger partial charge in [0.1, 0.15) is 0 Å². The molecule has 4 rings (SSSR count). The molecular formula is C13H18O2. The Balaban J connectivity index is 1.86. The minimum absolute atomic E-state index is 0.155. The summed E-state index contributed by atoms with van der Waals surface area (Å²) in [6, 6.07) is 0. The lowest BCUT2D eigenvalue weighted by atomic mass is 9.54. The molecule has 4 saturated carbocycles. The lowest BCUT2D eigenvalue weighted by molar-refractivity contribution is -0.135. The van der Waals surface area contributed by atoms with Crippen LogP contribution in [0.15, 0.2) is 11.6 Å². The van der Waals surface area contributed by atoms with Gasteiger partial charge in [-0.2, -0.15) is 0 Å². The van der Waals surface area contributed by atoms with E-state index in [1.807, 2.05) is 0 Å². The molecule has 4 aliphatic rings. The Kier molecular flexibility index (Phi) is 2.11. The first-order valence-corrected chi connectivity index (χ1v) is 6.05. The third-order valence-electron chi connectivity index (χ3n) is 4.57. The van der Waals surface area contributed by atoms with E-state index >= 15 is 0 Å². The Labute approximate surface area is 90.7 Å². The van der Waals surface area contributed by atoms with Crippen LogP contribution >= 0.6 is 0 Å². The number of methoxy groups -OCH3 is 1. The quantitative estimate of drug-likeness (QED) is 0.487. The number of carbonyl (C=O) groups excluding carboxylic acids is 1. The van der Waals surface area contributed by atoms with E-state index in [4.69, 9.17) is 4.74 Å². The maximum atomic E-state index is 11.3. The van der Waals surface area contributed by atoms with Gasteiger partial charge in [-0.3, -0.25) is 0 Å². The minimum atomic E-state index is -0.155. The third-order valence-corrected chi connectivity index (χ3v) is 4.57. The van der Waals surface area contributed by atoms with Gasteiger partial charge >= 0.3 is 5.97 Å². The summed E-state index contributed by atoms with van der Waals surface area (Å²) in [4.78, 5) is 11.3. The van der Waals surface area contributed by atoms with E-state index < -0.39 is 0 Å². The van der Waals surface area contributed by atoms with Crippen molar-refractivity contribution in [2.24, 2.45) is 23.7 Å². The first kappa shape index (κ1) is 9.44. The summed E-state index contributed by atoms with van der Waals surface area (Å²) >= 11 is 0. The average Bonchev–Trinajstić information content (AvgIpc) is 2.22. The van der Waals surface area contributed by atoms with Crippen LogP contribution in [-0.2, 0) is 9.53 Å². The molecule has 2 heteroatoms. The molecule has 2 nitrogen and oxygen atoms in total. The SMILES string of the molecule is COC(=O)C=C1C2CC3CC(C2)CC1C3. The van der Waals surface area contributed by atoms with Crippen molar-refractivity contribution in [1.82, 2.24) is 0 Å². The van der Waals surface area contributed by atoms with Crippen molar-refractivity contribution in [3.8, 4) is 0 Å². The molecule has 4 bridgehead atoms. The van der Waals surface area contributed by atoms with Gasteiger partial charge in [0.05, 0.1) is 7.11 Å². The second-order valence-electron chi connectivity index (χ2n) is 5.47. The van der Waals surface area contributed by atoms with Gasteiger partial charge < -0.3 is 4.74 Å². The number of carbonyl (C=O) groups is 1. The number of allylic oxidation sites excluding steroid dienone is 1. The summed E-state index contributed by atoms with van der Waals surface area (Å²) in [7, 11) is 1.47. The zero-order chi connectivity index (χ0) is 10.4. The van der Waals surface area contributed by atoms with Crippen LogP contribution in [0.25, 0.3) is 0 Å². The normalized spacial score (nSPS) is 41.8. The van der Waals surface area contributed by atoms with Crippen LogP contribution in [-0.4, -0.2) is 13.1 Å². The molecule has 0 aromatic carbocycles. The zero-order valence-corrected chi connectivity index (χ0v) is 9.24. The summed E-state index contributed by atoms with van der Waals surface area (Å²) in [6.07, 6.45) is 8.56. The molecular weight excluding hydrogens is 188 g/mol. The molecule has 0 aromatic heterocycles. The molecule has 4 fully saturated rings. The molecule has 0 atom stereocenters. The highest BCUT2D eigenvalue weighted by Gasteiger charge is 2.45. The van der Waals surface area contributed by atoms with E-state index in [1.54, 1.807) is 6.08 Å². The van der Waals surface area contributed by atoms with Crippen LogP contribution in [0.3, 0.4) is 0 Å². The van der Waals surface area contributed by atoms with Crippen molar-refractivity contribution < 1.29 is 9.53 Å². The van der Waals surface area contributed by atoms with E-state index in [2.05, 4.69) is 0 Å². The van der Waals surface area contributed by atoms with Crippen molar-refractivity contribution in [2.75, 3.05) is 7.11 Å². The fourth-order valence-corrected chi connectivity index (χ4v) is 4.16. The van der Waals surface area contributed by atoms with Gasteiger partial charge in [0.15, 0.2) is 0 Å². The van der Waals surface area contributed by atoms with E-state index in [9.17, 15) is 4.79 Å². The Morgan fingerprint density at radius 3 is 2.13 bits per heavy atom. The van der Waals surface area contributed by atoms with E-state index in [0.29, 0.717) is 11.8 Å². The van der Waals surface area contributed by atoms with E-state index in [1.165, 1.54) is 44.8 Å². The van der Waals surface area contributed by atoms with Gasteiger partial charge in [0, 0.05) is 6.08 Å². The van der Waals surface area contributed by atoms with E-state index in [-0.39, 0.29) is 5.97 Å². The lowest BCUT2D eigenvalue weighted by Crippen LogP contribution is -2.40. The number of rotatable bonds is 1. The smallest absolute Gasteiger partial charge is 0.330 e. The van der Waals surface area contributed by atoms with Crippen molar-refractivity contribution in [3.05, 3.63) is 11.6 Å². The molecule has 0 radical (unpaired) electrons. The summed E-state index contributed by atoms with van der Waals surface area (Å²) in [5.41, 5.74) is 1.41. The predicted octanol–water partition coefficient (Wildman–Crippen LogP) is 2.54. The second-order valence-corrected chi connectivity index (χ2v) is 5.47. The topological polar surface area (TPSA) is 26.3 Å². The standard InChI is InChI=1S/C13H18O2/c1-15-13(14)7-12-10-3-8-2-9(5-10)6-11(12)4-8/h7-11H,2-6H2,1H3. The number of ether oxygens (including phenoxy) is 1. The van der Waals surface area contributed by atoms with Gasteiger partial charge in [0.25, 0.3) is 0 Å². The fraction of sp³-hybridized carbons (Fsp3) is 0.769. The molecule has 0 spiro atoms. The minimum Gasteiger partial charge on any atom is -0.466 e. The lowest BCUT2D eigenvalue weighted by Gasteiger charge is -2.51. The average molecular weight is 206 g/mol. The van der Waals surface area contributed by atoms with Gasteiger partial charge in [-0.15, -0.1) is 0 Å². The van der Waals surface area contributed by atoms with Crippen molar-refractivity contribution >= 4 is 5.97 Å². The van der Waals surface area contributed by atoms with Crippen LogP contribution in [0.1, 0.15) is 32.1 Å². The molecule has 0 saturated heterocycles. The van der Waals surface area contributed by atoms with Gasteiger partial charge in [-0.1, -0.05) is 5.57 Å². The van der Waals surface area contributed by atoms with Crippen molar-refractivity contribution in [3.63, 3.8) is 0 Å². The maximum Gasteiger partial charge on any atom is 0.330 e. The maximum absolute atomic E-state index is 11.3. The summed E-state index contributed by atoms with van der Waals surface area (Å²) in [6.45, 7) is 0. The van der Waals surface area contributed by atoms with Gasteiger partial charge in [0.2, 0.25) is 0 Å². The van der Waals surface area contributed by atoms with Crippen LogP contribution in [0.2, 0.25) is 0 Å². The highest BCUT2D eigenvalue weighted by molar-refractivity contribution is 5.83. The predicted molar refractivity (Wildman–Crippen MR) is 57.1 cm³/mol. The number of hydrogen-bond donors (Lipinski definition) is 0. The summed E-state index contributed by atoms with van der Waals surface area (Å²) in [5.74, 6) is 3.18. The Hall–Kier alpha value is -0.790. The van der Waals surface area contributed by atoms with Gasteiger partial charge in [-0.25, -0.2) is 4.79 Å². The van der Waals surface area contributed by atoms with E-state index in [0.717, 1.165) is 11.8 Å². The Bertz CT molecular complexity index is 286. The Morgan fingerprint density at radius 2 is 1.67 bits per heavy atom. The summed E-state index contributed by atoms with van der Waals surface area (Å²) in [5, 5.41) is 0. The first-order valence-electron chi connectivity index (χ1n) is 6.05. The molecule has 15 heavy (non-hydrogen) atoms. The van der Waals surface area contributed by atoms with Crippen LogP contribution < -0.4 is 0 Å². The van der Waals surface area contributed by atoms with Crippen molar-refractivity contribution in [2.45, 2.75) is 32.1 Å². The molecule has 0 unspecified atom stereocenters. The largest absolute Gasteiger partial charge is 0.466 e.